The molecule has 0 spiro atoms. The van der Waals surface area contributed by atoms with Gasteiger partial charge in [0.15, 0.2) is 0 Å². The zero-order chi connectivity index (χ0) is 15.1. The number of carbonyl (C=O) groups is 2. The fourth-order valence-electron chi connectivity index (χ4n) is 2.38. The SMILES string of the molecule is O=C(O)C=C1CCC(NC(=O)OCc2ccccc2)CC1. The van der Waals surface area contributed by atoms with Crippen molar-refractivity contribution in [3.05, 3.63) is 47.5 Å². The predicted octanol–water partition coefficient (Wildman–Crippen LogP) is 2.87. The van der Waals surface area contributed by atoms with Gasteiger partial charge in [-0.15, -0.1) is 0 Å². The lowest BCUT2D eigenvalue weighted by atomic mass is 9.91. The number of rotatable bonds is 4. The zero-order valence-corrected chi connectivity index (χ0v) is 11.7. The van der Waals surface area contributed by atoms with Crippen molar-refractivity contribution in [2.24, 2.45) is 0 Å². The number of benzene rings is 1. The van der Waals surface area contributed by atoms with E-state index in [1.54, 1.807) is 0 Å². The van der Waals surface area contributed by atoms with Gasteiger partial charge in [0.05, 0.1) is 0 Å². The first kappa shape index (κ1) is 15.1. The molecule has 0 unspecified atom stereocenters. The molecule has 0 aliphatic heterocycles. The third-order valence-corrected chi connectivity index (χ3v) is 3.49. The van der Waals surface area contributed by atoms with E-state index in [0.717, 1.165) is 24.0 Å². The van der Waals surface area contributed by atoms with Crippen molar-refractivity contribution in [3.63, 3.8) is 0 Å². The van der Waals surface area contributed by atoms with Crippen LogP contribution in [0.1, 0.15) is 31.2 Å². The second-order valence-electron chi connectivity index (χ2n) is 5.12. The lowest BCUT2D eigenvalue weighted by Gasteiger charge is -2.24. The van der Waals surface area contributed by atoms with Crippen LogP contribution >= 0.6 is 0 Å². The Bertz CT molecular complexity index is 514. The lowest BCUT2D eigenvalue weighted by molar-refractivity contribution is -0.131. The van der Waals surface area contributed by atoms with Crippen molar-refractivity contribution in [2.45, 2.75) is 38.3 Å². The summed E-state index contributed by atoms with van der Waals surface area (Å²) < 4.78 is 5.16. The van der Waals surface area contributed by atoms with Crippen molar-refractivity contribution >= 4 is 12.1 Å². The molecule has 1 amide bonds. The third kappa shape index (κ3) is 5.30. The molecule has 0 radical (unpaired) electrons. The van der Waals surface area contributed by atoms with Crippen LogP contribution in [0.4, 0.5) is 4.79 Å². The summed E-state index contributed by atoms with van der Waals surface area (Å²) in [6.07, 6.45) is 3.75. The molecule has 0 atom stereocenters. The molecule has 1 aromatic rings. The molecule has 0 bridgehead atoms. The Kier molecular flexibility index (Phi) is 5.37. The fraction of sp³-hybridized carbons (Fsp3) is 0.375. The molecule has 2 rings (SSSR count). The highest BCUT2D eigenvalue weighted by atomic mass is 16.5. The number of nitrogens with one attached hydrogen (secondary N) is 1. The number of carboxylic acids is 1. The molecule has 112 valence electrons. The number of alkyl carbamates (subject to hydrolysis) is 1. The van der Waals surface area contributed by atoms with E-state index in [1.807, 2.05) is 30.3 Å². The van der Waals surface area contributed by atoms with E-state index in [9.17, 15) is 9.59 Å². The second kappa shape index (κ2) is 7.47. The molecule has 1 aromatic carbocycles. The van der Waals surface area contributed by atoms with Gasteiger partial charge in [-0.3, -0.25) is 0 Å². The molecule has 5 heteroatoms. The Hall–Kier alpha value is -2.30. The van der Waals surface area contributed by atoms with Gasteiger partial charge in [-0.1, -0.05) is 35.9 Å². The summed E-state index contributed by atoms with van der Waals surface area (Å²) in [5, 5.41) is 11.5. The van der Waals surface area contributed by atoms with Gasteiger partial charge in [-0.25, -0.2) is 9.59 Å². The van der Waals surface area contributed by atoms with Crippen molar-refractivity contribution in [2.75, 3.05) is 0 Å². The molecular formula is C16H19NO4. The van der Waals surface area contributed by atoms with Crippen molar-refractivity contribution in [1.82, 2.24) is 5.32 Å². The number of hydrogen-bond donors (Lipinski definition) is 2. The van der Waals surface area contributed by atoms with Crippen LogP contribution in [0.3, 0.4) is 0 Å². The first-order chi connectivity index (χ1) is 10.1. The van der Waals surface area contributed by atoms with E-state index in [2.05, 4.69) is 5.32 Å². The average molecular weight is 289 g/mol. The minimum Gasteiger partial charge on any atom is -0.478 e. The highest BCUT2D eigenvalue weighted by molar-refractivity contribution is 5.80. The molecule has 0 heterocycles. The van der Waals surface area contributed by atoms with E-state index in [-0.39, 0.29) is 12.6 Å². The van der Waals surface area contributed by atoms with Crippen molar-refractivity contribution in [3.8, 4) is 0 Å². The first-order valence-electron chi connectivity index (χ1n) is 7.03. The normalized spacial score (nSPS) is 17.9. The summed E-state index contributed by atoms with van der Waals surface area (Å²) in [5.41, 5.74) is 1.88. The van der Waals surface area contributed by atoms with E-state index in [0.29, 0.717) is 12.8 Å². The molecule has 0 saturated heterocycles. The quantitative estimate of drug-likeness (QED) is 0.836. The predicted molar refractivity (Wildman–Crippen MR) is 77.7 cm³/mol. The molecular weight excluding hydrogens is 270 g/mol. The van der Waals surface area contributed by atoms with E-state index >= 15 is 0 Å². The number of ether oxygens (including phenoxy) is 1. The van der Waals surface area contributed by atoms with Gasteiger partial charge in [0.2, 0.25) is 0 Å². The number of carbonyl (C=O) groups excluding carboxylic acids is 1. The van der Waals surface area contributed by atoms with Crippen LogP contribution in [0.5, 0.6) is 0 Å². The van der Waals surface area contributed by atoms with Gasteiger partial charge in [0.1, 0.15) is 6.61 Å². The van der Waals surface area contributed by atoms with Crippen LogP contribution < -0.4 is 5.32 Å². The van der Waals surface area contributed by atoms with Crippen molar-refractivity contribution < 1.29 is 19.4 Å². The average Bonchev–Trinajstić information content (AvgIpc) is 2.48. The van der Waals surface area contributed by atoms with Gasteiger partial charge in [0, 0.05) is 12.1 Å². The van der Waals surface area contributed by atoms with Gasteiger partial charge in [-0.2, -0.15) is 0 Å². The summed E-state index contributed by atoms with van der Waals surface area (Å²) >= 11 is 0. The lowest BCUT2D eigenvalue weighted by Crippen LogP contribution is -2.36. The van der Waals surface area contributed by atoms with Gasteiger partial charge < -0.3 is 15.2 Å². The minimum absolute atomic E-state index is 0.0548. The number of hydrogen-bond acceptors (Lipinski definition) is 3. The van der Waals surface area contributed by atoms with Crippen LogP contribution in [-0.4, -0.2) is 23.2 Å². The van der Waals surface area contributed by atoms with Crippen LogP contribution in [0, 0.1) is 0 Å². The van der Waals surface area contributed by atoms with Gasteiger partial charge in [-0.05, 0) is 31.2 Å². The van der Waals surface area contributed by atoms with E-state index in [4.69, 9.17) is 9.84 Å². The van der Waals surface area contributed by atoms with Crippen molar-refractivity contribution in [1.29, 1.82) is 0 Å². The minimum atomic E-state index is -0.904. The summed E-state index contributed by atoms with van der Waals surface area (Å²) in [4.78, 5) is 22.3. The molecule has 1 aliphatic rings. The standard InChI is InChI=1S/C16H19NO4/c18-15(19)10-12-6-8-14(9-7-12)17-16(20)21-11-13-4-2-1-3-5-13/h1-5,10,14H,6-9,11H2,(H,17,20)(H,18,19). The number of carboxylic acid groups (broad SMARTS) is 1. The molecule has 21 heavy (non-hydrogen) atoms. The van der Waals surface area contributed by atoms with Crippen LogP contribution in [0.25, 0.3) is 0 Å². The molecule has 1 saturated carbocycles. The molecule has 5 nitrogen and oxygen atoms in total. The number of aliphatic carboxylic acids is 1. The maximum absolute atomic E-state index is 11.7. The zero-order valence-electron chi connectivity index (χ0n) is 11.7. The highest BCUT2D eigenvalue weighted by Crippen LogP contribution is 2.23. The molecule has 1 aliphatic carbocycles. The smallest absolute Gasteiger partial charge is 0.407 e. The van der Waals surface area contributed by atoms with Gasteiger partial charge in [0.25, 0.3) is 0 Å². The number of amides is 1. The Morgan fingerprint density at radius 1 is 1.24 bits per heavy atom. The van der Waals surface area contributed by atoms with Crippen LogP contribution in [-0.2, 0) is 16.1 Å². The topological polar surface area (TPSA) is 75.6 Å². The summed E-state index contributed by atoms with van der Waals surface area (Å²) in [6.45, 7) is 0.254. The number of allylic oxidation sites excluding steroid dienone is 1. The Morgan fingerprint density at radius 3 is 2.52 bits per heavy atom. The first-order valence-corrected chi connectivity index (χ1v) is 7.03. The second-order valence-corrected chi connectivity index (χ2v) is 5.12. The molecule has 0 aromatic heterocycles. The summed E-state index contributed by atoms with van der Waals surface area (Å²) in [6, 6.07) is 9.56. The Morgan fingerprint density at radius 2 is 1.90 bits per heavy atom. The van der Waals surface area contributed by atoms with E-state index in [1.165, 1.54) is 6.08 Å². The van der Waals surface area contributed by atoms with E-state index < -0.39 is 12.1 Å². The largest absolute Gasteiger partial charge is 0.478 e. The van der Waals surface area contributed by atoms with Crippen LogP contribution in [0.2, 0.25) is 0 Å². The van der Waals surface area contributed by atoms with Gasteiger partial charge >= 0.3 is 12.1 Å². The maximum Gasteiger partial charge on any atom is 0.407 e. The fourth-order valence-corrected chi connectivity index (χ4v) is 2.38. The third-order valence-electron chi connectivity index (χ3n) is 3.49. The monoisotopic (exact) mass is 289 g/mol. The molecule has 1 fully saturated rings. The highest BCUT2D eigenvalue weighted by Gasteiger charge is 2.19. The van der Waals surface area contributed by atoms with Crippen LogP contribution in [0.15, 0.2) is 42.0 Å². The maximum atomic E-state index is 11.7. The molecule has 2 N–H and O–H groups in total. The Balaban J connectivity index is 1.71. The summed E-state index contributed by atoms with van der Waals surface area (Å²) in [7, 11) is 0. The summed E-state index contributed by atoms with van der Waals surface area (Å²) in [5.74, 6) is -0.904. The Labute approximate surface area is 123 Å².